The van der Waals surface area contributed by atoms with E-state index in [1.807, 2.05) is 12.1 Å². The standard InChI is InChI=1S/C22H19F5N4O/c23-21(24)8-10-31(20(32)19-17-4-2-1-3-14(17)7-9-28-19)16(11-21)13-30-18-6-5-15(12-29-18)22(25,26)27/h1-7,9,12,16H,8,10-11,13H2,(H,29,30). The van der Waals surface area contributed by atoms with Gasteiger partial charge in [0.05, 0.1) is 11.6 Å². The molecule has 4 rings (SSSR count). The summed E-state index contributed by atoms with van der Waals surface area (Å²) in [4.78, 5) is 22.5. The molecule has 2 aromatic heterocycles. The van der Waals surface area contributed by atoms with Gasteiger partial charge in [-0.1, -0.05) is 24.3 Å². The molecule has 0 saturated carbocycles. The molecule has 1 aliphatic heterocycles. The number of nitrogens with zero attached hydrogens (tertiary/aromatic N) is 3. The molecule has 3 heterocycles. The maximum absolute atomic E-state index is 14.1. The molecule has 168 valence electrons. The number of likely N-dealkylation sites (tertiary alicyclic amines) is 1. The summed E-state index contributed by atoms with van der Waals surface area (Å²) in [6, 6.07) is 10.0. The topological polar surface area (TPSA) is 58.1 Å². The number of pyridine rings is 2. The Kier molecular flexibility index (Phi) is 5.70. The third-order valence-electron chi connectivity index (χ3n) is 5.44. The van der Waals surface area contributed by atoms with E-state index in [-0.39, 0.29) is 24.6 Å². The number of carbonyl (C=O) groups is 1. The van der Waals surface area contributed by atoms with E-state index < -0.39 is 42.5 Å². The van der Waals surface area contributed by atoms with Gasteiger partial charge in [-0.25, -0.2) is 13.8 Å². The van der Waals surface area contributed by atoms with E-state index in [2.05, 4.69) is 15.3 Å². The zero-order valence-corrected chi connectivity index (χ0v) is 16.7. The van der Waals surface area contributed by atoms with Crippen LogP contribution in [0.3, 0.4) is 0 Å². The highest BCUT2D eigenvalue weighted by atomic mass is 19.4. The van der Waals surface area contributed by atoms with Crippen molar-refractivity contribution in [3.8, 4) is 0 Å². The van der Waals surface area contributed by atoms with Gasteiger partial charge >= 0.3 is 6.18 Å². The number of fused-ring (bicyclic) bond motifs is 1. The van der Waals surface area contributed by atoms with Crippen molar-refractivity contribution in [2.45, 2.75) is 31.0 Å². The lowest BCUT2D eigenvalue weighted by atomic mass is 9.97. The Balaban J connectivity index is 1.55. The molecule has 10 heteroatoms. The molecule has 1 aliphatic rings. The Bertz CT molecular complexity index is 1110. The molecule has 1 N–H and O–H groups in total. The Labute approximate surface area is 180 Å². The van der Waals surface area contributed by atoms with Gasteiger partial charge in [-0.3, -0.25) is 9.78 Å². The Morgan fingerprint density at radius 2 is 1.91 bits per heavy atom. The molecule has 0 bridgehead atoms. The second-order valence-corrected chi connectivity index (χ2v) is 7.65. The molecule has 32 heavy (non-hydrogen) atoms. The van der Waals surface area contributed by atoms with Gasteiger partial charge in [-0.15, -0.1) is 0 Å². The van der Waals surface area contributed by atoms with Crippen molar-refractivity contribution < 1.29 is 26.7 Å². The second-order valence-electron chi connectivity index (χ2n) is 7.65. The molecular formula is C22H19F5N4O. The monoisotopic (exact) mass is 450 g/mol. The molecule has 5 nitrogen and oxygen atoms in total. The van der Waals surface area contributed by atoms with Crippen LogP contribution in [-0.4, -0.2) is 45.8 Å². The highest BCUT2D eigenvalue weighted by Crippen LogP contribution is 2.33. The average molecular weight is 450 g/mol. The minimum Gasteiger partial charge on any atom is -0.368 e. The largest absolute Gasteiger partial charge is 0.417 e. The first-order valence-electron chi connectivity index (χ1n) is 9.94. The number of alkyl halides is 5. The highest BCUT2D eigenvalue weighted by Gasteiger charge is 2.42. The van der Waals surface area contributed by atoms with E-state index in [1.54, 1.807) is 18.2 Å². The first-order valence-corrected chi connectivity index (χ1v) is 9.94. The molecule has 0 radical (unpaired) electrons. The van der Waals surface area contributed by atoms with Crippen molar-refractivity contribution in [3.63, 3.8) is 0 Å². The summed E-state index contributed by atoms with van der Waals surface area (Å²) in [6.07, 6.45) is -3.41. The number of carbonyl (C=O) groups excluding carboxylic acids is 1. The van der Waals surface area contributed by atoms with Crippen LogP contribution in [-0.2, 0) is 6.18 Å². The van der Waals surface area contributed by atoms with Crippen molar-refractivity contribution in [2.75, 3.05) is 18.4 Å². The second kappa shape index (κ2) is 8.33. The summed E-state index contributed by atoms with van der Waals surface area (Å²) in [5, 5.41) is 4.20. The number of rotatable bonds is 4. The third kappa shape index (κ3) is 4.63. The summed E-state index contributed by atoms with van der Waals surface area (Å²) >= 11 is 0. The van der Waals surface area contributed by atoms with E-state index in [0.717, 1.165) is 17.5 Å². The van der Waals surface area contributed by atoms with E-state index in [1.165, 1.54) is 11.1 Å². The maximum Gasteiger partial charge on any atom is 0.417 e. The summed E-state index contributed by atoms with van der Waals surface area (Å²) in [7, 11) is 0. The molecule has 0 spiro atoms. The van der Waals surface area contributed by atoms with Gasteiger partial charge in [0, 0.05) is 43.7 Å². The summed E-state index contributed by atoms with van der Waals surface area (Å²) in [6.45, 7) is -0.256. The van der Waals surface area contributed by atoms with Crippen LogP contribution in [0.25, 0.3) is 10.8 Å². The van der Waals surface area contributed by atoms with Crippen LogP contribution in [0.5, 0.6) is 0 Å². The van der Waals surface area contributed by atoms with Crippen LogP contribution in [0.1, 0.15) is 28.9 Å². The van der Waals surface area contributed by atoms with Gasteiger partial charge in [-0.2, -0.15) is 13.2 Å². The Morgan fingerprint density at radius 1 is 1.12 bits per heavy atom. The van der Waals surface area contributed by atoms with E-state index >= 15 is 0 Å². The number of hydrogen-bond acceptors (Lipinski definition) is 4. The van der Waals surface area contributed by atoms with Crippen molar-refractivity contribution in [2.24, 2.45) is 0 Å². The third-order valence-corrected chi connectivity index (χ3v) is 5.44. The van der Waals surface area contributed by atoms with E-state index in [0.29, 0.717) is 11.6 Å². The van der Waals surface area contributed by atoms with Gasteiger partial charge in [0.25, 0.3) is 11.8 Å². The molecule has 1 atom stereocenters. The van der Waals surface area contributed by atoms with Crippen LogP contribution in [0, 0.1) is 0 Å². The normalized spacial score (nSPS) is 18.5. The molecule has 1 aromatic carbocycles. The molecule has 1 amide bonds. The van der Waals surface area contributed by atoms with Crippen LogP contribution < -0.4 is 5.32 Å². The van der Waals surface area contributed by atoms with Gasteiger partial charge in [-0.05, 0) is 23.6 Å². The van der Waals surface area contributed by atoms with Crippen molar-refractivity contribution in [3.05, 3.63) is 66.1 Å². The van der Waals surface area contributed by atoms with Crippen molar-refractivity contribution in [1.29, 1.82) is 0 Å². The van der Waals surface area contributed by atoms with Gasteiger partial charge in [0.2, 0.25) is 0 Å². The van der Waals surface area contributed by atoms with Crippen molar-refractivity contribution in [1.82, 2.24) is 14.9 Å². The lowest BCUT2D eigenvalue weighted by molar-refractivity contribution is -0.137. The first kappa shape index (κ1) is 21.9. The quantitative estimate of drug-likeness (QED) is 0.569. The van der Waals surface area contributed by atoms with Crippen molar-refractivity contribution >= 4 is 22.5 Å². The maximum atomic E-state index is 14.1. The molecule has 0 aliphatic carbocycles. The lowest BCUT2D eigenvalue weighted by Gasteiger charge is -2.39. The highest BCUT2D eigenvalue weighted by molar-refractivity contribution is 6.05. The summed E-state index contributed by atoms with van der Waals surface area (Å²) in [5.41, 5.74) is -0.739. The Morgan fingerprint density at radius 3 is 2.62 bits per heavy atom. The first-order chi connectivity index (χ1) is 15.1. The smallest absolute Gasteiger partial charge is 0.368 e. The number of halogens is 5. The summed E-state index contributed by atoms with van der Waals surface area (Å²) < 4.78 is 66.4. The van der Waals surface area contributed by atoms with Crippen LogP contribution in [0.2, 0.25) is 0 Å². The molecule has 3 aromatic rings. The predicted molar refractivity (Wildman–Crippen MR) is 108 cm³/mol. The van der Waals surface area contributed by atoms with Crippen LogP contribution >= 0.6 is 0 Å². The fourth-order valence-corrected chi connectivity index (χ4v) is 3.79. The Hall–Kier alpha value is -3.30. The summed E-state index contributed by atoms with van der Waals surface area (Å²) in [5.74, 6) is -3.32. The SMILES string of the molecule is O=C(c1nccc2ccccc12)N1CCC(F)(F)CC1CNc1ccc(C(F)(F)F)cn1. The van der Waals surface area contributed by atoms with Gasteiger partial charge < -0.3 is 10.2 Å². The number of hydrogen-bond donors (Lipinski definition) is 1. The molecule has 1 fully saturated rings. The fourth-order valence-electron chi connectivity index (χ4n) is 3.79. The zero-order chi connectivity index (χ0) is 22.9. The molecular weight excluding hydrogens is 431 g/mol. The minimum absolute atomic E-state index is 0.0928. The number of piperidine rings is 1. The number of amides is 1. The molecule has 1 saturated heterocycles. The lowest BCUT2D eigenvalue weighted by Crippen LogP contribution is -2.52. The van der Waals surface area contributed by atoms with Crippen LogP contribution in [0.4, 0.5) is 27.8 Å². The number of anilines is 1. The van der Waals surface area contributed by atoms with Gasteiger partial charge in [0.1, 0.15) is 11.5 Å². The number of nitrogens with one attached hydrogen (secondary N) is 1. The van der Waals surface area contributed by atoms with Gasteiger partial charge in [0.15, 0.2) is 0 Å². The number of aromatic nitrogens is 2. The average Bonchev–Trinajstić information content (AvgIpc) is 2.76. The fraction of sp³-hybridized carbons (Fsp3) is 0.318. The van der Waals surface area contributed by atoms with E-state index in [9.17, 15) is 26.7 Å². The molecule has 1 unspecified atom stereocenters. The van der Waals surface area contributed by atoms with E-state index in [4.69, 9.17) is 0 Å². The minimum atomic E-state index is -4.52. The number of benzene rings is 1. The predicted octanol–water partition coefficient (Wildman–Crippen LogP) is 5.00. The zero-order valence-electron chi connectivity index (χ0n) is 16.7. The van der Waals surface area contributed by atoms with Crippen LogP contribution in [0.15, 0.2) is 54.9 Å².